The molecule has 1 aromatic rings. The van der Waals surface area contributed by atoms with Crippen LogP contribution in [0.3, 0.4) is 0 Å². The molecule has 1 saturated heterocycles. The van der Waals surface area contributed by atoms with Crippen LogP contribution >= 0.6 is 0 Å². The van der Waals surface area contributed by atoms with Crippen LogP contribution in [-0.4, -0.2) is 49.0 Å². The molecule has 1 aliphatic heterocycles. The fourth-order valence-corrected chi connectivity index (χ4v) is 2.80. The van der Waals surface area contributed by atoms with Gasteiger partial charge in [0.25, 0.3) is 0 Å². The second-order valence-corrected chi connectivity index (χ2v) is 5.62. The van der Waals surface area contributed by atoms with Crippen LogP contribution in [0, 0.1) is 11.3 Å². The molecule has 2 atom stereocenters. The van der Waals surface area contributed by atoms with Crippen molar-refractivity contribution in [1.82, 2.24) is 4.90 Å². The van der Waals surface area contributed by atoms with Gasteiger partial charge in [-0.2, -0.15) is 5.26 Å². The Bertz CT molecular complexity index is 501. The van der Waals surface area contributed by atoms with E-state index >= 15 is 0 Å². The summed E-state index contributed by atoms with van der Waals surface area (Å²) in [6.45, 7) is 2.34. The number of ether oxygens (including phenoxy) is 2. The minimum absolute atomic E-state index is 0.157. The zero-order valence-electron chi connectivity index (χ0n) is 13.1. The van der Waals surface area contributed by atoms with E-state index in [0.29, 0.717) is 13.0 Å². The first kappa shape index (κ1) is 16.8. The molecule has 1 N–H and O–H groups in total. The SMILES string of the molecule is CO[C@@H]1C[C@@H](CO)N(Cc2cccc(OCCCC#N)c2)C1. The van der Waals surface area contributed by atoms with Gasteiger partial charge in [-0.15, -0.1) is 0 Å². The predicted octanol–water partition coefficient (Wildman–Crippen LogP) is 1.95. The van der Waals surface area contributed by atoms with E-state index in [4.69, 9.17) is 14.7 Å². The molecule has 1 fully saturated rings. The average Bonchev–Trinajstić information content (AvgIpc) is 2.94. The minimum Gasteiger partial charge on any atom is -0.494 e. The first-order chi connectivity index (χ1) is 10.8. The van der Waals surface area contributed by atoms with Crippen LogP contribution in [-0.2, 0) is 11.3 Å². The van der Waals surface area contributed by atoms with Gasteiger partial charge in [-0.05, 0) is 30.5 Å². The summed E-state index contributed by atoms with van der Waals surface area (Å²) in [6.07, 6.45) is 2.33. The number of hydrogen-bond donors (Lipinski definition) is 1. The number of nitriles is 1. The molecule has 0 aromatic heterocycles. The minimum atomic E-state index is 0.157. The Hall–Kier alpha value is -1.61. The van der Waals surface area contributed by atoms with Gasteiger partial charge >= 0.3 is 0 Å². The van der Waals surface area contributed by atoms with Crippen LogP contribution in [0.5, 0.6) is 5.75 Å². The monoisotopic (exact) mass is 304 g/mol. The molecule has 5 heteroatoms. The number of likely N-dealkylation sites (tertiary alicyclic amines) is 1. The van der Waals surface area contributed by atoms with Crippen molar-refractivity contribution in [2.75, 3.05) is 26.9 Å². The summed E-state index contributed by atoms with van der Waals surface area (Å²) in [7, 11) is 1.72. The highest BCUT2D eigenvalue weighted by Crippen LogP contribution is 2.23. The molecule has 1 aromatic carbocycles. The third-order valence-electron chi connectivity index (χ3n) is 4.02. The second-order valence-electron chi connectivity index (χ2n) is 5.62. The third kappa shape index (κ3) is 4.70. The summed E-state index contributed by atoms with van der Waals surface area (Å²) in [5.74, 6) is 0.832. The lowest BCUT2D eigenvalue weighted by atomic mass is 10.1. The molecule has 2 rings (SSSR count). The van der Waals surface area contributed by atoms with Gasteiger partial charge in [-0.1, -0.05) is 12.1 Å². The average molecular weight is 304 g/mol. The highest BCUT2D eigenvalue weighted by Gasteiger charge is 2.31. The number of benzene rings is 1. The van der Waals surface area contributed by atoms with Gasteiger partial charge in [0.05, 0.1) is 25.4 Å². The summed E-state index contributed by atoms with van der Waals surface area (Å²) in [5.41, 5.74) is 1.16. The van der Waals surface area contributed by atoms with Gasteiger partial charge in [0.15, 0.2) is 0 Å². The molecule has 0 bridgehead atoms. The van der Waals surface area contributed by atoms with Crippen molar-refractivity contribution in [3.63, 3.8) is 0 Å². The van der Waals surface area contributed by atoms with Crippen molar-refractivity contribution < 1.29 is 14.6 Å². The third-order valence-corrected chi connectivity index (χ3v) is 4.02. The highest BCUT2D eigenvalue weighted by molar-refractivity contribution is 5.28. The van der Waals surface area contributed by atoms with Crippen molar-refractivity contribution in [2.24, 2.45) is 0 Å². The zero-order valence-corrected chi connectivity index (χ0v) is 13.1. The largest absolute Gasteiger partial charge is 0.494 e. The smallest absolute Gasteiger partial charge is 0.119 e. The lowest BCUT2D eigenvalue weighted by Gasteiger charge is -2.22. The van der Waals surface area contributed by atoms with Crippen molar-refractivity contribution in [2.45, 2.75) is 38.0 Å². The number of hydrogen-bond acceptors (Lipinski definition) is 5. The summed E-state index contributed by atoms with van der Waals surface area (Å²) < 4.78 is 11.1. The maximum atomic E-state index is 9.50. The molecule has 1 aliphatic rings. The standard InChI is InChI=1S/C17H24N2O3/c1-21-17-10-15(13-20)19(12-17)11-14-5-4-6-16(9-14)22-8-3-2-7-18/h4-6,9,15,17,20H,2-3,8,10-13H2,1H3/t15-,17+/m0/s1. The Balaban J connectivity index is 1.91. The van der Waals surface area contributed by atoms with E-state index in [1.807, 2.05) is 18.2 Å². The van der Waals surface area contributed by atoms with Crippen molar-refractivity contribution >= 4 is 0 Å². The number of aliphatic hydroxyl groups excluding tert-OH is 1. The van der Waals surface area contributed by atoms with Gasteiger partial charge in [0.2, 0.25) is 0 Å². The van der Waals surface area contributed by atoms with E-state index < -0.39 is 0 Å². The normalized spacial score (nSPS) is 21.7. The van der Waals surface area contributed by atoms with E-state index in [2.05, 4.69) is 17.0 Å². The Morgan fingerprint density at radius 3 is 3.05 bits per heavy atom. The van der Waals surface area contributed by atoms with E-state index in [9.17, 15) is 5.11 Å². The lowest BCUT2D eigenvalue weighted by Crippen LogP contribution is -2.31. The number of aliphatic hydroxyl groups is 1. The van der Waals surface area contributed by atoms with E-state index in [-0.39, 0.29) is 18.8 Å². The maximum absolute atomic E-state index is 9.50. The Morgan fingerprint density at radius 2 is 2.32 bits per heavy atom. The molecule has 0 unspecified atom stereocenters. The quantitative estimate of drug-likeness (QED) is 0.744. The molecule has 5 nitrogen and oxygen atoms in total. The van der Waals surface area contributed by atoms with Crippen LogP contribution in [0.1, 0.15) is 24.8 Å². The zero-order chi connectivity index (χ0) is 15.8. The molecule has 0 spiro atoms. The van der Waals surface area contributed by atoms with Crippen LogP contribution < -0.4 is 4.74 Å². The van der Waals surface area contributed by atoms with Crippen LogP contribution in [0.2, 0.25) is 0 Å². The Kier molecular flexibility index (Phi) is 6.66. The number of unbranched alkanes of at least 4 members (excludes halogenated alkanes) is 1. The number of rotatable bonds is 8. The summed E-state index contributed by atoms with van der Waals surface area (Å²) in [6, 6.07) is 10.3. The first-order valence-corrected chi connectivity index (χ1v) is 7.73. The van der Waals surface area contributed by atoms with Crippen LogP contribution in [0.15, 0.2) is 24.3 Å². The summed E-state index contributed by atoms with van der Waals surface area (Å²) >= 11 is 0. The summed E-state index contributed by atoms with van der Waals surface area (Å²) in [5, 5.41) is 18.0. The topological polar surface area (TPSA) is 65.7 Å². The second kappa shape index (κ2) is 8.74. The van der Waals surface area contributed by atoms with E-state index in [1.165, 1.54) is 0 Å². The maximum Gasteiger partial charge on any atom is 0.119 e. The fraction of sp³-hybridized carbons (Fsp3) is 0.588. The molecule has 22 heavy (non-hydrogen) atoms. The lowest BCUT2D eigenvalue weighted by molar-refractivity contribution is 0.107. The van der Waals surface area contributed by atoms with Crippen molar-refractivity contribution in [3.8, 4) is 11.8 Å². The van der Waals surface area contributed by atoms with Gasteiger partial charge in [-0.3, -0.25) is 4.90 Å². The van der Waals surface area contributed by atoms with Crippen molar-refractivity contribution in [3.05, 3.63) is 29.8 Å². The highest BCUT2D eigenvalue weighted by atomic mass is 16.5. The molecule has 0 saturated carbocycles. The first-order valence-electron chi connectivity index (χ1n) is 7.73. The van der Waals surface area contributed by atoms with Gasteiger partial charge < -0.3 is 14.6 Å². The fourth-order valence-electron chi connectivity index (χ4n) is 2.80. The predicted molar refractivity (Wildman–Crippen MR) is 83.5 cm³/mol. The van der Waals surface area contributed by atoms with Crippen LogP contribution in [0.25, 0.3) is 0 Å². The van der Waals surface area contributed by atoms with Gasteiger partial charge in [0.1, 0.15) is 5.75 Å². The van der Waals surface area contributed by atoms with E-state index in [0.717, 1.165) is 37.2 Å². The summed E-state index contributed by atoms with van der Waals surface area (Å²) in [4.78, 5) is 2.25. The molecule has 0 radical (unpaired) electrons. The molecule has 0 aliphatic carbocycles. The Morgan fingerprint density at radius 1 is 1.45 bits per heavy atom. The molecule has 0 amide bonds. The molecular formula is C17H24N2O3. The van der Waals surface area contributed by atoms with Crippen molar-refractivity contribution in [1.29, 1.82) is 5.26 Å². The molecule has 120 valence electrons. The van der Waals surface area contributed by atoms with Gasteiger partial charge in [0, 0.05) is 32.7 Å². The Labute approximate surface area is 132 Å². The number of methoxy groups -OCH3 is 1. The molecular weight excluding hydrogens is 280 g/mol. The molecule has 1 heterocycles. The van der Waals surface area contributed by atoms with Crippen LogP contribution in [0.4, 0.5) is 0 Å². The van der Waals surface area contributed by atoms with Gasteiger partial charge in [-0.25, -0.2) is 0 Å². The number of nitrogens with zero attached hydrogens (tertiary/aromatic N) is 2. The van der Waals surface area contributed by atoms with E-state index in [1.54, 1.807) is 7.11 Å².